The molecule has 0 aromatic rings. The molecule has 3 N–H and O–H groups in total. The minimum Gasteiger partial charge on any atom is -0.462 e. The Hall–Kier alpha value is -1.94. The maximum atomic E-state index is 13.2. The molecule has 0 amide bonds. The summed E-state index contributed by atoms with van der Waals surface area (Å²) in [4.78, 5) is 73.5. The molecule has 19 heteroatoms. The average molecular weight is 1620 g/mol. The number of ether oxygens (including phenoxy) is 4. The second kappa shape index (κ2) is 84.5. The highest BCUT2D eigenvalue weighted by Gasteiger charge is 2.31. The van der Waals surface area contributed by atoms with Crippen molar-refractivity contribution in [1.82, 2.24) is 0 Å². The van der Waals surface area contributed by atoms with Gasteiger partial charge in [0, 0.05) is 25.7 Å². The Kier molecular flexibility index (Phi) is 83.0. The van der Waals surface area contributed by atoms with Crippen molar-refractivity contribution in [2.45, 2.75) is 522 Å². The lowest BCUT2D eigenvalue weighted by molar-refractivity contribution is -0.161. The number of rotatable bonds is 92. The first-order valence-electron chi connectivity index (χ1n) is 47.6. The molecule has 660 valence electrons. The molecule has 0 bridgehead atoms. The molecule has 0 aliphatic heterocycles. The number of carbonyl (C=O) groups is 4. The predicted molar refractivity (Wildman–Crippen MR) is 460 cm³/mol. The number of phosphoric ester groups is 2. The lowest BCUT2D eigenvalue weighted by atomic mass is 10.0. The molecule has 0 spiro atoms. The van der Waals surface area contributed by atoms with E-state index in [9.17, 15) is 43.2 Å². The maximum absolute atomic E-state index is 13.2. The Morgan fingerprint density at radius 3 is 0.613 bits per heavy atom. The van der Waals surface area contributed by atoms with Crippen molar-refractivity contribution in [3.05, 3.63) is 0 Å². The number of hydrogen-bond donors (Lipinski definition) is 3. The Bertz CT molecular complexity index is 2100. The van der Waals surface area contributed by atoms with Crippen LogP contribution in [0.4, 0.5) is 0 Å². The molecule has 0 saturated carbocycles. The third kappa shape index (κ3) is 85.8. The van der Waals surface area contributed by atoms with Crippen LogP contribution in [-0.4, -0.2) is 96.7 Å². The first kappa shape index (κ1) is 109. The van der Waals surface area contributed by atoms with Crippen LogP contribution in [0.25, 0.3) is 0 Å². The lowest BCUT2D eigenvalue weighted by Crippen LogP contribution is -2.30. The summed E-state index contributed by atoms with van der Waals surface area (Å²) in [6.45, 7) is 7.38. The van der Waals surface area contributed by atoms with Crippen LogP contribution < -0.4 is 0 Å². The SMILES string of the molecule is CCCCCCCCCCCCCCCCCCCCCCCCC(=O)O[C@H](COC(=O)CCCCCCCCCCCCCCCCCCCCCC)COP(=O)(O)OC[C@@H](O)COP(=O)(O)OC[C@@H](COC(=O)CCCCCCCCCCCC(C)C)OC(=O)CCCCCCCCCCCCCCCCCCC. The van der Waals surface area contributed by atoms with Crippen LogP contribution >= 0.6 is 15.6 Å². The fourth-order valence-electron chi connectivity index (χ4n) is 14.5. The van der Waals surface area contributed by atoms with E-state index in [1.807, 2.05) is 0 Å². The summed E-state index contributed by atoms with van der Waals surface area (Å²) in [6, 6.07) is 0. The minimum atomic E-state index is -4.97. The van der Waals surface area contributed by atoms with Crippen molar-refractivity contribution in [1.29, 1.82) is 0 Å². The van der Waals surface area contributed by atoms with Crippen molar-refractivity contribution in [3.8, 4) is 0 Å². The third-order valence-corrected chi connectivity index (χ3v) is 23.7. The zero-order valence-corrected chi connectivity index (χ0v) is 74.9. The molecule has 0 aromatic carbocycles. The van der Waals surface area contributed by atoms with Gasteiger partial charge in [0.15, 0.2) is 12.2 Å². The van der Waals surface area contributed by atoms with Crippen LogP contribution in [-0.2, 0) is 65.4 Å². The molecular formula is C92H180O17P2. The summed E-state index contributed by atoms with van der Waals surface area (Å²) in [5.41, 5.74) is 0. The normalized spacial score (nSPS) is 13.7. The van der Waals surface area contributed by atoms with Gasteiger partial charge in [-0.05, 0) is 31.6 Å². The zero-order chi connectivity index (χ0) is 81.1. The van der Waals surface area contributed by atoms with E-state index in [1.54, 1.807) is 0 Å². The van der Waals surface area contributed by atoms with Gasteiger partial charge >= 0.3 is 39.5 Å². The van der Waals surface area contributed by atoms with Gasteiger partial charge in [0.05, 0.1) is 26.4 Å². The molecular weight excluding hydrogens is 1440 g/mol. The van der Waals surface area contributed by atoms with Crippen LogP contribution in [0.2, 0.25) is 0 Å². The van der Waals surface area contributed by atoms with Gasteiger partial charge in [0.2, 0.25) is 0 Å². The standard InChI is InChI=1S/C92H180O17P2/c1-6-9-12-15-18-21-24-27-30-33-35-37-38-40-43-46-49-52-57-63-68-73-78-91(96)108-87(81-102-89(94)75-70-65-60-55-50-47-44-42-39-36-34-31-28-25-22-19-16-13-10-7-2)83-106-110(98,99)104-79-86(93)80-105-111(100,101)107-84-88(82-103-90(95)76-71-66-61-58-53-54-59-64-69-74-85(4)5)109-92(97)77-72-67-62-56-51-48-45-41-32-29-26-23-20-17-14-11-8-3/h85-88,93H,6-84H2,1-5H3,(H,98,99)(H,100,101)/t86-,87-,88-/m1/s1. The summed E-state index contributed by atoms with van der Waals surface area (Å²) >= 11 is 0. The highest BCUT2D eigenvalue weighted by molar-refractivity contribution is 7.47. The first-order valence-corrected chi connectivity index (χ1v) is 50.6. The summed E-state index contributed by atoms with van der Waals surface area (Å²) in [5.74, 6) is -1.35. The molecule has 0 saturated heterocycles. The molecule has 0 fully saturated rings. The number of unbranched alkanes of at least 4 members (excludes halogenated alkanes) is 64. The summed E-state index contributed by atoms with van der Waals surface area (Å²) < 4.78 is 69.1. The maximum Gasteiger partial charge on any atom is 0.472 e. The number of aliphatic hydroxyl groups is 1. The lowest BCUT2D eigenvalue weighted by Gasteiger charge is -2.21. The number of esters is 4. The quantitative estimate of drug-likeness (QED) is 0.0222. The molecule has 0 aromatic heterocycles. The van der Waals surface area contributed by atoms with Crippen LogP contribution in [0.5, 0.6) is 0 Å². The monoisotopic (exact) mass is 1620 g/mol. The smallest absolute Gasteiger partial charge is 0.462 e. The number of phosphoric acid groups is 2. The van der Waals surface area contributed by atoms with E-state index in [2.05, 4.69) is 34.6 Å². The molecule has 0 aliphatic carbocycles. The molecule has 0 heterocycles. The van der Waals surface area contributed by atoms with Crippen molar-refractivity contribution < 1.29 is 80.2 Å². The molecule has 111 heavy (non-hydrogen) atoms. The summed E-state index contributed by atoms with van der Waals surface area (Å²) in [7, 11) is -9.94. The average Bonchev–Trinajstić information content (AvgIpc) is 0.900. The largest absolute Gasteiger partial charge is 0.472 e. The van der Waals surface area contributed by atoms with Gasteiger partial charge in [0.1, 0.15) is 19.3 Å². The first-order chi connectivity index (χ1) is 54.0. The van der Waals surface area contributed by atoms with Gasteiger partial charge in [-0.3, -0.25) is 37.3 Å². The second-order valence-electron chi connectivity index (χ2n) is 33.5. The van der Waals surface area contributed by atoms with Crippen LogP contribution in [0, 0.1) is 5.92 Å². The van der Waals surface area contributed by atoms with Gasteiger partial charge in [0.25, 0.3) is 0 Å². The number of hydrogen-bond acceptors (Lipinski definition) is 15. The van der Waals surface area contributed by atoms with E-state index in [0.717, 1.165) is 95.8 Å². The molecule has 2 unspecified atom stereocenters. The zero-order valence-electron chi connectivity index (χ0n) is 73.1. The Balaban J connectivity index is 5.24. The third-order valence-electron chi connectivity index (χ3n) is 21.8. The van der Waals surface area contributed by atoms with Crippen LogP contribution in [0.1, 0.15) is 503 Å². The highest BCUT2D eigenvalue weighted by Crippen LogP contribution is 2.45. The topological polar surface area (TPSA) is 237 Å². The van der Waals surface area contributed by atoms with Gasteiger partial charge in [-0.25, -0.2) is 9.13 Å². The van der Waals surface area contributed by atoms with E-state index < -0.39 is 97.5 Å². The molecule has 0 aliphatic rings. The van der Waals surface area contributed by atoms with E-state index in [1.165, 1.54) is 327 Å². The van der Waals surface area contributed by atoms with Gasteiger partial charge in [-0.15, -0.1) is 0 Å². The summed E-state index contributed by atoms with van der Waals surface area (Å²) in [5, 5.41) is 10.7. The van der Waals surface area contributed by atoms with Gasteiger partial charge < -0.3 is 33.8 Å². The van der Waals surface area contributed by atoms with E-state index >= 15 is 0 Å². The summed E-state index contributed by atoms with van der Waals surface area (Å²) in [6.07, 6.45) is 80.7. The Morgan fingerprint density at radius 2 is 0.414 bits per heavy atom. The van der Waals surface area contributed by atoms with Crippen molar-refractivity contribution in [2.24, 2.45) is 5.92 Å². The van der Waals surface area contributed by atoms with Crippen molar-refractivity contribution >= 4 is 39.5 Å². The fourth-order valence-corrected chi connectivity index (χ4v) is 16.1. The van der Waals surface area contributed by atoms with E-state index in [4.69, 9.17) is 37.0 Å². The Labute approximate surface area is 683 Å². The predicted octanol–water partition coefficient (Wildman–Crippen LogP) is 28.7. The molecule has 0 radical (unpaired) electrons. The van der Waals surface area contributed by atoms with Gasteiger partial charge in [-0.2, -0.15) is 0 Å². The fraction of sp³-hybridized carbons (Fsp3) is 0.957. The van der Waals surface area contributed by atoms with Crippen LogP contribution in [0.3, 0.4) is 0 Å². The molecule has 5 atom stereocenters. The van der Waals surface area contributed by atoms with E-state index in [-0.39, 0.29) is 25.7 Å². The van der Waals surface area contributed by atoms with Crippen molar-refractivity contribution in [2.75, 3.05) is 39.6 Å². The number of aliphatic hydroxyl groups excluding tert-OH is 1. The molecule has 17 nitrogen and oxygen atoms in total. The number of carbonyl (C=O) groups excluding carboxylic acids is 4. The Morgan fingerprint density at radius 1 is 0.243 bits per heavy atom. The van der Waals surface area contributed by atoms with E-state index in [0.29, 0.717) is 25.7 Å². The van der Waals surface area contributed by atoms with Crippen LogP contribution in [0.15, 0.2) is 0 Å². The highest BCUT2D eigenvalue weighted by atomic mass is 31.2. The second-order valence-corrected chi connectivity index (χ2v) is 36.4. The van der Waals surface area contributed by atoms with Crippen molar-refractivity contribution in [3.63, 3.8) is 0 Å². The minimum absolute atomic E-state index is 0.109. The molecule has 0 rings (SSSR count). The van der Waals surface area contributed by atoms with Gasteiger partial charge in [-0.1, -0.05) is 452 Å².